The van der Waals surface area contributed by atoms with Crippen molar-refractivity contribution >= 4 is 11.8 Å². The molecule has 2 amide bonds. The van der Waals surface area contributed by atoms with Crippen LogP contribution in [0.1, 0.15) is 23.2 Å². The molecule has 2 aliphatic heterocycles. The third kappa shape index (κ3) is 3.14. The lowest BCUT2D eigenvalue weighted by Crippen LogP contribution is -2.49. The van der Waals surface area contributed by atoms with Gasteiger partial charge < -0.3 is 10.2 Å². The van der Waals surface area contributed by atoms with Crippen molar-refractivity contribution in [1.82, 2.24) is 10.2 Å². The van der Waals surface area contributed by atoms with E-state index in [9.17, 15) is 14.0 Å². The minimum atomic E-state index is -0.266. The molecule has 25 heavy (non-hydrogen) atoms. The number of fused-ring (bicyclic) bond motifs is 1. The number of carbonyl (C=O) groups is 2. The number of amides is 2. The number of halogens is 1. The monoisotopic (exact) mass is 338 g/mol. The third-order valence-corrected chi connectivity index (χ3v) is 5.15. The van der Waals surface area contributed by atoms with Crippen molar-refractivity contribution in [2.24, 2.45) is 5.92 Å². The van der Waals surface area contributed by atoms with E-state index < -0.39 is 0 Å². The van der Waals surface area contributed by atoms with Crippen molar-refractivity contribution in [3.05, 3.63) is 59.9 Å². The number of nitrogens with one attached hydrogen (secondary N) is 1. The Morgan fingerprint density at radius 3 is 2.36 bits per heavy atom. The SMILES string of the molecule is O=C1C[C@H]2CCN(C(=O)c3ccc(-c4ccc(F)cc4)cc3)C[C@H]2N1. The second kappa shape index (κ2) is 6.31. The van der Waals surface area contributed by atoms with Gasteiger partial charge in [-0.25, -0.2) is 4.39 Å². The van der Waals surface area contributed by atoms with E-state index in [0.29, 0.717) is 31.0 Å². The molecule has 0 aromatic heterocycles. The maximum atomic E-state index is 13.0. The van der Waals surface area contributed by atoms with Gasteiger partial charge in [0.1, 0.15) is 5.82 Å². The zero-order valence-electron chi connectivity index (χ0n) is 13.7. The van der Waals surface area contributed by atoms with Gasteiger partial charge in [-0.05, 0) is 47.7 Å². The van der Waals surface area contributed by atoms with Crippen LogP contribution in [0.4, 0.5) is 4.39 Å². The Balaban J connectivity index is 1.47. The highest BCUT2D eigenvalue weighted by molar-refractivity contribution is 5.95. The first-order valence-electron chi connectivity index (χ1n) is 8.55. The summed E-state index contributed by atoms with van der Waals surface area (Å²) in [6.45, 7) is 1.27. The van der Waals surface area contributed by atoms with Crippen LogP contribution in [-0.4, -0.2) is 35.8 Å². The summed E-state index contributed by atoms with van der Waals surface area (Å²) < 4.78 is 13.0. The fraction of sp³-hybridized carbons (Fsp3) is 0.300. The van der Waals surface area contributed by atoms with Crippen molar-refractivity contribution in [2.75, 3.05) is 13.1 Å². The van der Waals surface area contributed by atoms with E-state index in [4.69, 9.17) is 0 Å². The van der Waals surface area contributed by atoms with Gasteiger partial charge in [-0.3, -0.25) is 9.59 Å². The number of carbonyl (C=O) groups excluding carboxylic acids is 2. The molecular formula is C20H19FN2O2. The van der Waals surface area contributed by atoms with Crippen LogP contribution in [0, 0.1) is 11.7 Å². The predicted octanol–water partition coefficient (Wildman–Crippen LogP) is 2.84. The lowest BCUT2D eigenvalue weighted by molar-refractivity contribution is -0.119. The molecule has 4 nitrogen and oxygen atoms in total. The van der Waals surface area contributed by atoms with Gasteiger partial charge >= 0.3 is 0 Å². The lowest BCUT2D eigenvalue weighted by atomic mass is 9.92. The second-order valence-electron chi connectivity index (χ2n) is 6.76. The van der Waals surface area contributed by atoms with Gasteiger partial charge in [0, 0.05) is 31.1 Å². The average Bonchev–Trinajstić information content (AvgIpc) is 3.01. The molecule has 0 aliphatic carbocycles. The normalized spacial score (nSPS) is 22.4. The Labute approximate surface area is 145 Å². The number of hydrogen-bond donors (Lipinski definition) is 1. The quantitative estimate of drug-likeness (QED) is 0.915. The fourth-order valence-electron chi connectivity index (χ4n) is 3.73. The minimum Gasteiger partial charge on any atom is -0.351 e. The van der Waals surface area contributed by atoms with E-state index in [1.54, 1.807) is 24.3 Å². The Morgan fingerprint density at radius 1 is 1.04 bits per heavy atom. The summed E-state index contributed by atoms with van der Waals surface area (Å²) in [6, 6.07) is 13.8. The summed E-state index contributed by atoms with van der Waals surface area (Å²) in [6.07, 6.45) is 1.45. The number of hydrogen-bond acceptors (Lipinski definition) is 2. The van der Waals surface area contributed by atoms with Crippen molar-refractivity contribution in [3.63, 3.8) is 0 Å². The summed E-state index contributed by atoms with van der Waals surface area (Å²) in [5.74, 6) is 0.175. The summed E-state index contributed by atoms with van der Waals surface area (Å²) >= 11 is 0. The lowest BCUT2D eigenvalue weighted by Gasteiger charge is -2.34. The Hall–Kier alpha value is -2.69. The first kappa shape index (κ1) is 15.8. The molecule has 0 unspecified atom stereocenters. The van der Waals surface area contributed by atoms with Crippen LogP contribution in [0.3, 0.4) is 0 Å². The highest BCUT2D eigenvalue weighted by atomic mass is 19.1. The number of nitrogens with zero attached hydrogens (tertiary/aromatic N) is 1. The first-order chi connectivity index (χ1) is 12.1. The predicted molar refractivity (Wildman–Crippen MR) is 92.4 cm³/mol. The topological polar surface area (TPSA) is 49.4 Å². The molecule has 1 N–H and O–H groups in total. The van der Waals surface area contributed by atoms with Gasteiger partial charge in [0.15, 0.2) is 0 Å². The van der Waals surface area contributed by atoms with E-state index in [-0.39, 0.29) is 23.7 Å². The standard InChI is InChI=1S/C20H19FN2O2/c21-17-7-5-14(6-8-17)13-1-3-15(4-2-13)20(25)23-10-9-16-11-19(24)22-18(16)12-23/h1-8,16,18H,9-12H2,(H,22,24)/t16-,18-/m1/s1. The molecule has 2 heterocycles. The van der Waals surface area contributed by atoms with E-state index in [1.165, 1.54) is 12.1 Å². The number of benzene rings is 2. The molecule has 5 heteroatoms. The number of rotatable bonds is 2. The van der Waals surface area contributed by atoms with E-state index in [2.05, 4.69) is 5.32 Å². The van der Waals surface area contributed by atoms with Gasteiger partial charge in [-0.2, -0.15) is 0 Å². The van der Waals surface area contributed by atoms with Gasteiger partial charge in [0.05, 0.1) is 0 Å². The molecular weight excluding hydrogens is 319 g/mol. The summed E-state index contributed by atoms with van der Waals surface area (Å²) in [7, 11) is 0. The largest absolute Gasteiger partial charge is 0.351 e. The molecule has 2 aromatic rings. The Kier molecular flexibility index (Phi) is 3.99. The van der Waals surface area contributed by atoms with Crippen molar-refractivity contribution < 1.29 is 14.0 Å². The molecule has 128 valence electrons. The Morgan fingerprint density at radius 2 is 1.68 bits per heavy atom. The van der Waals surface area contributed by atoms with Crippen molar-refractivity contribution in [2.45, 2.75) is 18.9 Å². The third-order valence-electron chi connectivity index (χ3n) is 5.15. The molecule has 2 fully saturated rings. The summed E-state index contributed by atoms with van der Waals surface area (Å²) in [5, 5.41) is 2.96. The van der Waals surface area contributed by atoms with Crippen molar-refractivity contribution in [3.8, 4) is 11.1 Å². The zero-order valence-corrected chi connectivity index (χ0v) is 13.7. The van der Waals surface area contributed by atoms with Gasteiger partial charge in [-0.15, -0.1) is 0 Å². The maximum Gasteiger partial charge on any atom is 0.253 e. The molecule has 2 aliphatic rings. The van der Waals surface area contributed by atoms with Crippen LogP contribution in [0.25, 0.3) is 11.1 Å². The molecule has 0 spiro atoms. The highest BCUT2D eigenvalue weighted by Gasteiger charge is 2.38. The molecule has 0 saturated carbocycles. The van der Waals surface area contributed by atoms with Gasteiger partial charge in [0.25, 0.3) is 5.91 Å². The Bertz CT molecular complexity index is 801. The molecule has 0 radical (unpaired) electrons. The van der Waals surface area contributed by atoms with Crippen LogP contribution >= 0.6 is 0 Å². The van der Waals surface area contributed by atoms with Gasteiger partial charge in [-0.1, -0.05) is 24.3 Å². The van der Waals surface area contributed by atoms with E-state index >= 15 is 0 Å². The summed E-state index contributed by atoms with van der Waals surface area (Å²) in [5.41, 5.74) is 2.49. The van der Waals surface area contributed by atoms with Crippen LogP contribution in [0.2, 0.25) is 0 Å². The zero-order chi connectivity index (χ0) is 17.4. The highest BCUT2D eigenvalue weighted by Crippen LogP contribution is 2.27. The maximum absolute atomic E-state index is 13.0. The van der Waals surface area contributed by atoms with Crippen LogP contribution in [0.15, 0.2) is 48.5 Å². The van der Waals surface area contributed by atoms with Crippen LogP contribution < -0.4 is 5.32 Å². The molecule has 2 atom stereocenters. The molecule has 2 aromatic carbocycles. The van der Waals surface area contributed by atoms with E-state index in [1.807, 2.05) is 17.0 Å². The molecule has 0 bridgehead atoms. The fourth-order valence-corrected chi connectivity index (χ4v) is 3.73. The number of likely N-dealkylation sites (tertiary alicyclic amines) is 1. The summed E-state index contributed by atoms with van der Waals surface area (Å²) in [4.78, 5) is 26.1. The molecule has 4 rings (SSSR count). The first-order valence-corrected chi connectivity index (χ1v) is 8.55. The van der Waals surface area contributed by atoms with Crippen molar-refractivity contribution in [1.29, 1.82) is 0 Å². The second-order valence-corrected chi connectivity index (χ2v) is 6.76. The van der Waals surface area contributed by atoms with Crippen LogP contribution in [0.5, 0.6) is 0 Å². The van der Waals surface area contributed by atoms with Gasteiger partial charge in [0.2, 0.25) is 5.91 Å². The smallest absolute Gasteiger partial charge is 0.253 e. The minimum absolute atomic E-state index is 0.00902. The number of piperidine rings is 1. The average molecular weight is 338 g/mol. The molecule has 2 saturated heterocycles. The van der Waals surface area contributed by atoms with Crippen LogP contribution in [-0.2, 0) is 4.79 Å². The van der Waals surface area contributed by atoms with E-state index in [0.717, 1.165) is 17.5 Å².